The third kappa shape index (κ3) is 24.4. The lowest BCUT2D eigenvalue weighted by Gasteiger charge is -2.52. The summed E-state index contributed by atoms with van der Waals surface area (Å²) in [6.07, 6.45) is -93.1. The van der Waals surface area contributed by atoms with Gasteiger partial charge >= 0.3 is 12.1 Å². The highest BCUT2D eigenvalue weighted by molar-refractivity contribution is 5.87. The molecule has 774 valence electrons. The van der Waals surface area contributed by atoms with Crippen LogP contribution in [-0.4, -0.2) is 517 Å². The maximum absolute atomic E-state index is 14.0. The maximum atomic E-state index is 14.0. The van der Waals surface area contributed by atoms with E-state index in [0.29, 0.717) is 0 Å². The molecule has 6 amide bonds. The highest BCUT2D eigenvalue weighted by Crippen LogP contribution is 2.46. The van der Waals surface area contributed by atoms with Gasteiger partial charge < -0.3 is 245 Å². The summed E-state index contributed by atoms with van der Waals surface area (Å²) in [7, 11) is 0. The van der Waals surface area contributed by atoms with Gasteiger partial charge in [0.05, 0.1) is 65.9 Å². The molecule has 9 saturated heterocycles. The number of nitrogens with one attached hydrogen (secondary N) is 6. The minimum Gasteiger partial charge on any atom is -0.480 e. The van der Waals surface area contributed by atoms with Gasteiger partial charge in [-0.25, -0.2) is 9.59 Å². The first-order valence-corrected chi connectivity index (χ1v) is 43.7. The maximum Gasteiger partial charge on any atom is 0.407 e. The van der Waals surface area contributed by atoms with Gasteiger partial charge in [0, 0.05) is 33.6 Å². The molecule has 56 heteroatoms. The smallest absolute Gasteiger partial charge is 0.407 e. The molecule has 9 heterocycles. The largest absolute Gasteiger partial charge is 0.480 e. The van der Waals surface area contributed by atoms with Crippen LogP contribution in [0.15, 0.2) is 48.5 Å². The molecule has 46 atom stereocenters. The number of rotatable bonds is 36. The number of aliphatic hydroxyl groups excluding tert-OH is 24. The van der Waals surface area contributed by atoms with E-state index < -0.39 is 395 Å². The first-order chi connectivity index (χ1) is 65.1. The van der Waals surface area contributed by atoms with Crippen molar-refractivity contribution in [3.05, 3.63) is 59.7 Å². The van der Waals surface area contributed by atoms with Crippen LogP contribution in [0, 0.1) is 0 Å². The van der Waals surface area contributed by atoms with Crippen LogP contribution in [0.4, 0.5) is 4.79 Å². The minimum atomic E-state index is -2.68. The molecule has 137 heavy (non-hydrogen) atoms. The summed E-state index contributed by atoms with van der Waals surface area (Å²) in [4.78, 5) is 92.7. The van der Waals surface area contributed by atoms with Gasteiger partial charge in [0.25, 0.3) is 0 Å². The van der Waals surface area contributed by atoms with Crippen molar-refractivity contribution in [2.45, 2.75) is 322 Å². The van der Waals surface area contributed by atoms with E-state index in [0.717, 1.165) is 49.9 Å². The van der Waals surface area contributed by atoms with Crippen molar-refractivity contribution in [3.8, 4) is 11.1 Å². The average molecular weight is 1980 g/mol. The predicted octanol–water partition coefficient (Wildman–Crippen LogP) is -17.5. The van der Waals surface area contributed by atoms with Crippen molar-refractivity contribution < 1.29 is 246 Å². The number of hydrogen-bond acceptors (Lipinski definition) is 49. The molecule has 1 aliphatic carbocycles. The van der Waals surface area contributed by atoms with Crippen LogP contribution in [0.1, 0.15) is 51.2 Å². The van der Waals surface area contributed by atoms with E-state index in [1.807, 2.05) is 36.4 Å². The number of aliphatic carboxylic acids is 1. The SMILES string of the molecule is CC(=O)N[C@@H]1[C@@H](O)[C@H](O[C@@H]2O[C@H](CO)[C@@H](O[C@@H]3O[C@H](CO[C@H]4O[C@H](CO[C@H]5O[C@H](CO)[C@@H](O)[C@H](O)[C@@H]5O)[C@@H](O)[C@H](O[C@H]5O[C@H](CO)[C@@H](O)[C@H](O)[C@@H]5O)[C@@H]4O)[C@@H](O)[C@H](O[C@H]4O[C@H](CO)[C@@H](O)[C@H](O)[C@@H]4O[C@@H]4O[C@H](CO)[C@@H](O)[C@H](O)[C@H]4NC(C)=O)[C@@H]3O[C@@H]3O[C@H](CO)[C@@H](O)[C@H](O)[C@H]3NC(C)=O)[C@H](O)[C@H]2NC(C)=O)[C@@H](CO)O[C@H]1NC(=O)C[C@H](NC(=O)OCC1c2ccccc2-c2ccccc21)C(=O)O. The monoisotopic (exact) mass is 1980 g/mol. The predicted molar refractivity (Wildman–Crippen MR) is 434 cm³/mol. The lowest BCUT2D eigenvalue weighted by Crippen LogP contribution is -2.72. The number of carboxylic acid groups (broad SMARTS) is 1. The van der Waals surface area contributed by atoms with Gasteiger partial charge in [0.1, 0.15) is 232 Å². The number of carbonyl (C=O) groups excluding carboxylic acids is 6. The number of carboxylic acids is 1. The Kier molecular flexibility index (Phi) is 38.0. The zero-order valence-corrected chi connectivity index (χ0v) is 73.4. The summed E-state index contributed by atoms with van der Waals surface area (Å²) in [6.45, 7) is -7.23. The molecular formula is C81H120N6O50. The van der Waals surface area contributed by atoms with Gasteiger partial charge in [-0.05, 0) is 22.3 Å². The number of alkyl carbamates (subject to hydrolysis) is 1. The van der Waals surface area contributed by atoms with Crippen LogP contribution >= 0.6 is 0 Å². The molecule has 0 radical (unpaired) electrons. The Morgan fingerprint density at radius 3 is 1.12 bits per heavy atom. The van der Waals surface area contributed by atoms with Gasteiger partial charge in [-0.3, -0.25) is 24.0 Å². The fourth-order valence-corrected chi connectivity index (χ4v) is 17.9. The van der Waals surface area contributed by atoms with Crippen molar-refractivity contribution in [1.82, 2.24) is 31.9 Å². The summed E-state index contributed by atoms with van der Waals surface area (Å²) < 4.78 is 109. The Morgan fingerprint density at radius 2 is 0.642 bits per heavy atom. The van der Waals surface area contributed by atoms with Crippen LogP contribution in [0.3, 0.4) is 0 Å². The molecule has 2 aromatic carbocycles. The van der Waals surface area contributed by atoms with E-state index in [2.05, 4.69) is 31.9 Å². The van der Waals surface area contributed by atoms with Crippen molar-refractivity contribution in [2.24, 2.45) is 0 Å². The molecule has 56 nitrogen and oxygen atoms in total. The Labute approximate surface area is 776 Å². The van der Waals surface area contributed by atoms with Crippen LogP contribution in [0.5, 0.6) is 0 Å². The molecule has 0 saturated carbocycles. The molecular weight excluding hydrogens is 1860 g/mol. The summed E-state index contributed by atoms with van der Waals surface area (Å²) >= 11 is 0. The average Bonchev–Trinajstić information content (AvgIpc) is 1.74. The van der Waals surface area contributed by atoms with E-state index in [9.17, 15) is 161 Å². The molecule has 0 bridgehead atoms. The highest BCUT2D eigenvalue weighted by atomic mass is 16.8. The molecule has 9 fully saturated rings. The fourth-order valence-electron chi connectivity index (χ4n) is 17.9. The number of aliphatic hydroxyl groups is 24. The van der Waals surface area contributed by atoms with E-state index >= 15 is 0 Å². The van der Waals surface area contributed by atoms with Crippen LogP contribution in [-0.2, 0) is 114 Å². The fraction of sp³-hybridized carbons (Fsp3) is 0.765. The van der Waals surface area contributed by atoms with E-state index in [1.54, 1.807) is 12.1 Å². The second-order valence-corrected chi connectivity index (χ2v) is 34.4. The summed E-state index contributed by atoms with van der Waals surface area (Å²) in [5.74, 6) is -7.42. The number of amides is 6. The zero-order chi connectivity index (χ0) is 99.9. The topological polar surface area (TPSA) is 864 Å². The van der Waals surface area contributed by atoms with E-state index in [1.165, 1.54) is 0 Å². The number of carbonyl (C=O) groups is 7. The summed E-state index contributed by atoms with van der Waals surface area (Å²) in [5, 5.41) is 296. The normalized spacial score (nSPS) is 42.6. The molecule has 0 unspecified atom stereocenters. The Bertz CT molecular complexity index is 4250. The third-order valence-corrected chi connectivity index (χ3v) is 25.0. The standard InChI is InChI=1S/C81H120N6O50/c1-24(95)82-44-57(109)65(39(19-93)123-71(44)87-43(99)13-33(72(117)118)86-81(119)122-21-32-30-11-7-5-9-28(30)29-10-6-8-12-31(29)32)132-75-47(85-27(4)98)58(110)66(40(20-94)129-75)133-80-70(137-74-46(84-26(3)97)56(108)49(101)35(15-89)125-74)68(135-79-69(61(113)52(104)38(18-92)128-79)136-73-45(83-25(2)96)55(107)48(100)34(14-88)124-73)54(106)42(131-80)23-121-77-64(116)67(134-78-63(115)60(112)51(103)37(17-91)127-78)53(105)41(130-77)22-120-76-62(114)59(111)50(102)36(16-90)126-76/h5-12,32-42,44-71,73-80,88-94,100-116H,13-23H2,1-4H3,(H,82,95)(H,83,96)(H,84,97)(H,85,98)(H,86,119)(H,87,99)(H,117,118)/t33-,34+,35+,36+,37+,38+,39+,40+,41+,42+,44+,45+,46+,47+,48+,49+,50+,51+,52+,53+,54+,55+,56+,57+,58+,59-,60-,61-,62-,63-,64-,65+,66+,67-,68-,69-,70-,71+,73-,74-,75-,76-,77-,78+,79+,80-/m0/s1. The number of hydrogen-bond donors (Lipinski definition) is 31. The quantitative estimate of drug-likeness (QED) is 0.0301. The van der Waals surface area contributed by atoms with Crippen LogP contribution in [0.25, 0.3) is 11.1 Å². The summed E-state index contributed by atoms with van der Waals surface area (Å²) in [5.41, 5.74) is 3.38. The molecule has 9 aliphatic heterocycles. The first kappa shape index (κ1) is 109. The lowest BCUT2D eigenvalue weighted by atomic mass is 9.93. The Morgan fingerprint density at radius 1 is 0.307 bits per heavy atom. The van der Waals surface area contributed by atoms with Crippen molar-refractivity contribution in [2.75, 3.05) is 66.1 Å². The molecule has 2 aromatic rings. The van der Waals surface area contributed by atoms with E-state index in [-0.39, 0.29) is 6.61 Å². The van der Waals surface area contributed by atoms with Crippen molar-refractivity contribution in [3.63, 3.8) is 0 Å². The second kappa shape index (κ2) is 47.9. The third-order valence-electron chi connectivity index (χ3n) is 25.0. The van der Waals surface area contributed by atoms with Gasteiger partial charge in [-0.2, -0.15) is 0 Å². The summed E-state index contributed by atoms with van der Waals surface area (Å²) in [6, 6.07) is 4.59. The van der Waals surface area contributed by atoms with E-state index in [4.69, 9.17) is 85.3 Å². The van der Waals surface area contributed by atoms with Gasteiger partial charge in [0.15, 0.2) is 56.5 Å². The minimum absolute atomic E-state index is 0.275. The molecule has 10 aliphatic rings. The Hall–Kier alpha value is -7.11. The van der Waals surface area contributed by atoms with Gasteiger partial charge in [-0.15, -0.1) is 0 Å². The van der Waals surface area contributed by atoms with Crippen molar-refractivity contribution >= 4 is 41.6 Å². The number of benzene rings is 2. The second-order valence-electron chi connectivity index (χ2n) is 34.4. The first-order valence-electron chi connectivity index (χ1n) is 43.7. The van der Waals surface area contributed by atoms with Crippen LogP contribution in [0.2, 0.25) is 0 Å². The van der Waals surface area contributed by atoms with Gasteiger partial charge in [-0.1, -0.05) is 48.5 Å². The molecule has 12 rings (SSSR count). The van der Waals surface area contributed by atoms with Gasteiger partial charge in [0.2, 0.25) is 29.5 Å². The molecule has 0 spiro atoms. The zero-order valence-electron chi connectivity index (χ0n) is 73.4. The van der Waals surface area contributed by atoms with Crippen molar-refractivity contribution in [1.29, 1.82) is 0 Å². The lowest BCUT2D eigenvalue weighted by molar-refractivity contribution is -0.410. The number of ether oxygens (including phenoxy) is 18. The Balaban J connectivity index is 0.889. The number of fused-ring (bicyclic) bond motifs is 3. The molecule has 31 N–H and O–H groups in total. The highest BCUT2D eigenvalue weighted by Gasteiger charge is 2.62. The van der Waals surface area contributed by atoms with Crippen LogP contribution < -0.4 is 31.9 Å². The molecule has 0 aromatic heterocycles.